The van der Waals surface area contributed by atoms with E-state index in [4.69, 9.17) is 5.73 Å². The summed E-state index contributed by atoms with van der Waals surface area (Å²) < 4.78 is 0. The lowest BCUT2D eigenvalue weighted by molar-refractivity contribution is 0.602. The molecule has 142 valence electrons. The normalized spacial score (nSPS) is 12.2. The first-order valence-electron chi connectivity index (χ1n) is 10.8. The van der Waals surface area contributed by atoms with Crippen molar-refractivity contribution in [2.24, 2.45) is 5.73 Å². The van der Waals surface area contributed by atoms with Crippen molar-refractivity contribution in [1.29, 1.82) is 0 Å². The molecule has 0 bridgehead atoms. The van der Waals surface area contributed by atoms with E-state index in [0.29, 0.717) is 0 Å². The van der Waals surface area contributed by atoms with Gasteiger partial charge in [0.1, 0.15) is 0 Å². The predicted molar refractivity (Wildman–Crippen MR) is 114 cm³/mol. The van der Waals surface area contributed by atoms with Crippen LogP contribution in [0.1, 0.15) is 109 Å². The molecule has 0 saturated carbocycles. The Morgan fingerprint density at radius 3 is 1.68 bits per heavy atom. The molecule has 0 aliphatic heterocycles. The van der Waals surface area contributed by atoms with Gasteiger partial charge in [0.25, 0.3) is 0 Å². The fraction of sp³-hybridized carbons (Fsp3) is 0.667. The molecule has 1 aromatic carbocycles. The van der Waals surface area contributed by atoms with E-state index in [1.165, 1.54) is 88.2 Å². The third-order valence-corrected chi connectivity index (χ3v) is 5.09. The van der Waals surface area contributed by atoms with Crippen LogP contribution in [-0.4, -0.2) is 0 Å². The van der Waals surface area contributed by atoms with Gasteiger partial charge in [-0.3, -0.25) is 0 Å². The molecule has 0 unspecified atom stereocenters. The fourth-order valence-corrected chi connectivity index (χ4v) is 3.46. The summed E-state index contributed by atoms with van der Waals surface area (Å²) in [4.78, 5) is 0. The zero-order valence-electron chi connectivity index (χ0n) is 16.9. The summed E-state index contributed by atoms with van der Waals surface area (Å²) in [6.45, 7) is 4.55. The molecular weight excluding hydrogens is 302 g/mol. The van der Waals surface area contributed by atoms with E-state index in [0.717, 1.165) is 18.5 Å². The second kappa shape index (κ2) is 15.0. The van der Waals surface area contributed by atoms with Crippen LogP contribution in [-0.2, 0) is 0 Å². The van der Waals surface area contributed by atoms with E-state index in [2.05, 4.69) is 44.2 Å². The first-order valence-corrected chi connectivity index (χ1v) is 10.8. The molecule has 0 aliphatic carbocycles. The molecule has 2 N–H and O–H groups in total. The maximum absolute atomic E-state index is 6.53. The van der Waals surface area contributed by atoms with E-state index in [1.807, 2.05) is 0 Å². The van der Waals surface area contributed by atoms with Gasteiger partial charge in [0.15, 0.2) is 0 Å². The average Bonchev–Trinajstić information content (AvgIpc) is 2.64. The molecule has 0 fully saturated rings. The Labute approximate surface area is 157 Å². The van der Waals surface area contributed by atoms with Gasteiger partial charge in [-0.25, -0.2) is 0 Å². The average molecular weight is 344 g/mol. The highest BCUT2D eigenvalue weighted by Gasteiger charge is 2.07. The zero-order valence-corrected chi connectivity index (χ0v) is 16.9. The van der Waals surface area contributed by atoms with Gasteiger partial charge in [0.2, 0.25) is 0 Å². The fourth-order valence-electron chi connectivity index (χ4n) is 3.46. The largest absolute Gasteiger partial charge is 0.402 e. The van der Waals surface area contributed by atoms with E-state index in [9.17, 15) is 0 Å². The minimum Gasteiger partial charge on any atom is -0.402 e. The summed E-state index contributed by atoms with van der Waals surface area (Å²) in [7, 11) is 0. The smallest absolute Gasteiger partial charge is 0.0119 e. The lowest BCUT2D eigenvalue weighted by Gasteiger charge is -2.13. The van der Waals surface area contributed by atoms with E-state index in [1.54, 1.807) is 0 Å². The molecule has 0 radical (unpaired) electrons. The Bertz CT molecular complexity index is 446. The van der Waals surface area contributed by atoms with Gasteiger partial charge in [-0.1, -0.05) is 108 Å². The zero-order chi connectivity index (χ0) is 18.2. The molecule has 1 aromatic rings. The molecule has 0 atom stereocenters. The van der Waals surface area contributed by atoms with E-state index in [-0.39, 0.29) is 0 Å². The maximum atomic E-state index is 6.53. The van der Waals surface area contributed by atoms with Gasteiger partial charge >= 0.3 is 0 Å². The summed E-state index contributed by atoms with van der Waals surface area (Å²) in [5.74, 6) is 0. The lowest BCUT2D eigenvalue weighted by Crippen LogP contribution is -2.03. The third-order valence-electron chi connectivity index (χ3n) is 5.09. The van der Waals surface area contributed by atoms with Crippen LogP contribution in [0.3, 0.4) is 0 Å². The van der Waals surface area contributed by atoms with Gasteiger partial charge < -0.3 is 5.73 Å². The number of hydrogen-bond acceptors (Lipinski definition) is 1. The minimum atomic E-state index is 1.06. The highest BCUT2D eigenvalue weighted by atomic mass is 14.6. The Morgan fingerprint density at radius 1 is 0.640 bits per heavy atom. The number of benzene rings is 1. The minimum absolute atomic E-state index is 1.06. The number of hydrogen-bond donors (Lipinski definition) is 1. The number of unbranched alkanes of at least 4 members (excludes halogenated alkanes) is 10. The highest BCUT2D eigenvalue weighted by molar-refractivity contribution is 5.68. The highest BCUT2D eigenvalue weighted by Crippen LogP contribution is 2.26. The second-order valence-corrected chi connectivity index (χ2v) is 7.41. The van der Waals surface area contributed by atoms with Crippen molar-refractivity contribution < 1.29 is 0 Å². The van der Waals surface area contributed by atoms with Gasteiger partial charge in [-0.2, -0.15) is 0 Å². The van der Waals surface area contributed by atoms with Crippen LogP contribution >= 0.6 is 0 Å². The molecule has 0 heterocycles. The molecule has 0 aromatic heterocycles. The van der Waals surface area contributed by atoms with Crippen molar-refractivity contribution in [3.63, 3.8) is 0 Å². The second-order valence-electron chi connectivity index (χ2n) is 7.41. The van der Waals surface area contributed by atoms with Crippen LogP contribution in [0.15, 0.2) is 36.0 Å². The molecule has 1 rings (SSSR count). The van der Waals surface area contributed by atoms with Crippen molar-refractivity contribution >= 4 is 5.57 Å². The Hall–Kier alpha value is -1.24. The summed E-state index contributed by atoms with van der Waals surface area (Å²) in [6.07, 6.45) is 18.2. The molecule has 0 amide bonds. The Morgan fingerprint density at radius 2 is 1.12 bits per heavy atom. The molecule has 1 heteroatoms. The third kappa shape index (κ3) is 10.4. The van der Waals surface area contributed by atoms with Crippen molar-refractivity contribution in [3.05, 3.63) is 41.6 Å². The lowest BCUT2D eigenvalue weighted by atomic mass is 9.95. The number of nitrogens with two attached hydrogens (primary N) is 1. The molecule has 0 saturated heterocycles. The quantitative estimate of drug-likeness (QED) is 0.322. The Balaban J connectivity index is 2.48. The first-order chi connectivity index (χ1) is 12.3. The standard InChI is InChI=1S/C24H41N/c1-3-5-7-9-11-16-20-23(22-18-14-13-15-19-22)24(25)21-17-12-10-8-6-4-2/h13-15,18-19H,3-12,16-17,20-21,25H2,1-2H3. The topological polar surface area (TPSA) is 26.0 Å². The van der Waals surface area contributed by atoms with Crippen LogP contribution < -0.4 is 5.73 Å². The number of allylic oxidation sites excluding steroid dienone is 2. The summed E-state index contributed by atoms with van der Waals surface area (Å²) >= 11 is 0. The van der Waals surface area contributed by atoms with Crippen LogP contribution in [0.5, 0.6) is 0 Å². The van der Waals surface area contributed by atoms with Gasteiger partial charge in [0, 0.05) is 5.70 Å². The summed E-state index contributed by atoms with van der Waals surface area (Å²) in [5.41, 5.74) is 10.4. The van der Waals surface area contributed by atoms with Crippen molar-refractivity contribution in [2.75, 3.05) is 0 Å². The molecule has 0 aliphatic rings. The van der Waals surface area contributed by atoms with Crippen molar-refractivity contribution in [3.8, 4) is 0 Å². The van der Waals surface area contributed by atoms with Gasteiger partial charge in [-0.15, -0.1) is 0 Å². The molecule has 1 nitrogen and oxygen atoms in total. The monoisotopic (exact) mass is 343 g/mol. The van der Waals surface area contributed by atoms with Gasteiger partial charge in [0.05, 0.1) is 0 Å². The molecule has 25 heavy (non-hydrogen) atoms. The van der Waals surface area contributed by atoms with E-state index >= 15 is 0 Å². The van der Waals surface area contributed by atoms with Crippen LogP contribution in [0, 0.1) is 0 Å². The SMILES string of the molecule is CCCCCCCCC(N)=C(CCCCCCCC)c1ccccc1. The van der Waals surface area contributed by atoms with Crippen LogP contribution in [0.2, 0.25) is 0 Å². The van der Waals surface area contributed by atoms with Crippen LogP contribution in [0.25, 0.3) is 5.57 Å². The molecule has 0 spiro atoms. The van der Waals surface area contributed by atoms with Crippen molar-refractivity contribution in [1.82, 2.24) is 0 Å². The summed E-state index contributed by atoms with van der Waals surface area (Å²) in [6, 6.07) is 10.8. The molecular formula is C24H41N. The number of rotatable bonds is 15. The Kier molecular flexibility index (Phi) is 13.1. The van der Waals surface area contributed by atoms with Crippen molar-refractivity contribution in [2.45, 2.75) is 104 Å². The maximum Gasteiger partial charge on any atom is 0.0119 e. The summed E-state index contributed by atoms with van der Waals surface area (Å²) in [5, 5.41) is 0. The van der Waals surface area contributed by atoms with Crippen LogP contribution in [0.4, 0.5) is 0 Å². The predicted octanol–water partition coefficient (Wildman–Crippen LogP) is 7.86. The first kappa shape index (κ1) is 21.8. The van der Waals surface area contributed by atoms with Gasteiger partial charge in [-0.05, 0) is 36.8 Å². The van der Waals surface area contributed by atoms with E-state index < -0.39 is 0 Å².